The predicted octanol–water partition coefficient (Wildman–Crippen LogP) is 3.17. The quantitative estimate of drug-likeness (QED) is 0.778. The molecular formula is C22H35FN4O2. The first-order chi connectivity index (χ1) is 13.7. The number of rotatable bonds is 4. The number of hydrogen-bond donors (Lipinski definition) is 1. The van der Waals surface area contributed by atoms with Gasteiger partial charge in [-0.15, -0.1) is 0 Å². The Kier molecular flexibility index (Phi) is 7.01. The fourth-order valence-electron chi connectivity index (χ4n) is 4.05. The molecule has 0 aliphatic carbocycles. The van der Waals surface area contributed by atoms with Gasteiger partial charge in [0, 0.05) is 52.4 Å². The van der Waals surface area contributed by atoms with Crippen LogP contribution in [-0.4, -0.2) is 72.2 Å². The van der Waals surface area contributed by atoms with Gasteiger partial charge in [0.1, 0.15) is 11.4 Å². The zero-order valence-electron chi connectivity index (χ0n) is 18.0. The van der Waals surface area contributed by atoms with E-state index in [0.29, 0.717) is 5.92 Å². The van der Waals surface area contributed by atoms with Crippen molar-refractivity contribution in [1.29, 1.82) is 0 Å². The molecule has 0 atom stereocenters. The SMILES string of the molecule is CC(C)(C)OC(=O)N1CCC(CN2CCN(Cc3ccc(N)c(F)c3)CC2)CC1. The number of halogens is 1. The van der Waals surface area contributed by atoms with Crippen molar-refractivity contribution in [2.45, 2.75) is 45.8 Å². The molecule has 162 valence electrons. The summed E-state index contributed by atoms with van der Waals surface area (Å²) in [6.07, 6.45) is 1.87. The summed E-state index contributed by atoms with van der Waals surface area (Å²) in [6.45, 7) is 13.2. The van der Waals surface area contributed by atoms with Crippen LogP contribution in [0.25, 0.3) is 0 Å². The molecule has 0 aromatic heterocycles. The van der Waals surface area contributed by atoms with Gasteiger partial charge in [-0.25, -0.2) is 9.18 Å². The topological polar surface area (TPSA) is 62.0 Å². The lowest BCUT2D eigenvalue weighted by atomic mass is 9.96. The van der Waals surface area contributed by atoms with Crippen molar-refractivity contribution in [2.24, 2.45) is 5.92 Å². The largest absolute Gasteiger partial charge is 0.444 e. The molecule has 2 aliphatic rings. The van der Waals surface area contributed by atoms with Gasteiger partial charge in [0.25, 0.3) is 0 Å². The Hall–Kier alpha value is -1.86. The maximum atomic E-state index is 13.6. The molecule has 0 unspecified atom stereocenters. The van der Waals surface area contributed by atoms with Gasteiger partial charge in [0.15, 0.2) is 0 Å². The fourth-order valence-corrected chi connectivity index (χ4v) is 4.05. The van der Waals surface area contributed by atoms with Crippen LogP contribution in [0.4, 0.5) is 14.9 Å². The number of carbonyl (C=O) groups is 1. The van der Waals surface area contributed by atoms with E-state index in [1.807, 2.05) is 31.7 Å². The van der Waals surface area contributed by atoms with Crippen LogP contribution in [0, 0.1) is 11.7 Å². The highest BCUT2D eigenvalue weighted by Gasteiger charge is 2.28. The number of piperidine rings is 1. The van der Waals surface area contributed by atoms with E-state index in [2.05, 4.69) is 9.80 Å². The van der Waals surface area contributed by atoms with E-state index in [4.69, 9.17) is 10.5 Å². The number of hydrogen-bond acceptors (Lipinski definition) is 5. The van der Waals surface area contributed by atoms with E-state index in [9.17, 15) is 9.18 Å². The van der Waals surface area contributed by atoms with Gasteiger partial charge in [0.2, 0.25) is 0 Å². The van der Waals surface area contributed by atoms with Gasteiger partial charge >= 0.3 is 6.09 Å². The number of ether oxygens (including phenoxy) is 1. The molecule has 0 bridgehead atoms. The van der Waals surface area contributed by atoms with Crippen molar-refractivity contribution in [2.75, 3.05) is 51.5 Å². The number of anilines is 1. The van der Waals surface area contributed by atoms with Crippen LogP contribution in [0.5, 0.6) is 0 Å². The molecule has 2 fully saturated rings. The molecule has 29 heavy (non-hydrogen) atoms. The maximum absolute atomic E-state index is 13.6. The summed E-state index contributed by atoms with van der Waals surface area (Å²) < 4.78 is 19.1. The number of nitrogen functional groups attached to an aromatic ring is 1. The fraction of sp³-hybridized carbons (Fsp3) is 0.682. The van der Waals surface area contributed by atoms with Crippen molar-refractivity contribution in [3.63, 3.8) is 0 Å². The first-order valence-electron chi connectivity index (χ1n) is 10.7. The summed E-state index contributed by atoms with van der Waals surface area (Å²) in [5, 5.41) is 0. The van der Waals surface area contributed by atoms with E-state index >= 15 is 0 Å². The van der Waals surface area contributed by atoms with Gasteiger partial charge in [-0.05, 0) is 57.2 Å². The highest BCUT2D eigenvalue weighted by Crippen LogP contribution is 2.22. The average molecular weight is 407 g/mol. The number of benzene rings is 1. The summed E-state index contributed by atoms with van der Waals surface area (Å²) in [6, 6.07) is 5.09. The number of nitrogens with two attached hydrogens (primary N) is 1. The van der Waals surface area contributed by atoms with E-state index in [0.717, 1.165) is 70.8 Å². The van der Waals surface area contributed by atoms with Crippen LogP contribution < -0.4 is 5.73 Å². The van der Waals surface area contributed by atoms with Crippen LogP contribution >= 0.6 is 0 Å². The first kappa shape index (κ1) is 21.8. The third-order valence-corrected chi connectivity index (χ3v) is 5.72. The minimum absolute atomic E-state index is 0.191. The molecule has 1 aromatic rings. The van der Waals surface area contributed by atoms with E-state index in [1.54, 1.807) is 12.1 Å². The second-order valence-corrected chi connectivity index (χ2v) is 9.34. The van der Waals surface area contributed by atoms with Gasteiger partial charge in [-0.2, -0.15) is 0 Å². The Labute approximate surface area is 173 Å². The number of amides is 1. The van der Waals surface area contributed by atoms with Crippen molar-refractivity contribution in [1.82, 2.24) is 14.7 Å². The van der Waals surface area contributed by atoms with Crippen molar-refractivity contribution < 1.29 is 13.9 Å². The molecule has 3 rings (SSSR count). The van der Waals surface area contributed by atoms with E-state index < -0.39 is 5.60 Å². The number of piperazine rings is 1. The van der Waals surface area contributed by atoms with Gasteiger partial charge in [-0.3, -0.25) is 4.90 Å². The van der Waals surface area contributed by atoms with E-state index in [-0.39, 0.29) is 17.6 Å². The third-order valence-electron chi connectivity index (χ3n) is 5.72. The molecular weight excluding hydrogens is 371 g/mol. The molecule has 2 aliphatic heterocycles. The van der Waals surface area contributed by atoms with Crippen molar-refractivity contribution in [3.05, 3.63) is 29.6 Å². The second-order valence-electron chi connectivity index (χ2n) is 9.34. The zero-order valence-corrected chi connectivity index (χ0v) is 18.0. The molecule has 0 radical (unpaired) electrons. The van der Waals surface area contributed by atoms with Crippen LogP contribution in [-0.2, 0) is 11.3 Å². The molecule has 6 nitrogen and oxygen atoms in total. The molecule has 1 aromatic carbocycles. The highest BCUT2D eigenvalue weighted by molar-refractivity contribution is 5.68. The lowest BCUT2D eigenvalue weighted by molar-refractivity contribution is 0.0159. The van der Waals surface area contributed by atoms with Crippen LogP contribution in [0.15, 0.2) is 18.2 Å². The Bertz CT molecular complexity index is 691. The predicted molar refractivity (Wildman–Crippen MR) is 113 cm³/mol. The number of nitrogens with zero attached hydrogens (tertiary/aromatic N) is 3. The minimum Gasteiger partial charge on any atom is -0.444 e. The molecule has 1 amide bonds. The van der Waals surface area contributed by atoms with Crippen molar-refractivity contribution in [3.8, 4) is 0 Å². The molecule has 2 saturated heterocycles. The van der Waals surface area contributed by atoms with Crippen LogP contribution in [0.1, 0.15) is 39.2 Å². The van der Waals surface area contributed by atoms with Gasteiger partial charge in [0.05, 0.1) is 5.69 Å². The summed E-state index contributed by atoms with van der Waals surface area (Å²) in [5.74, 6) is 0.297. The Morgan fingerprint density at radius 2 is 1.72 bits per heavy atom. The molecule has 7 heteroatoms. The summed E-state index contributed by atoms with van der Waals surface area (Å²) >= 11 is 0. The zero-order chi connectivity index (χ0) is 21.0. The lowest BCUT2D eigenvalue weighted by Gasteiger charge is -2.39. The average Bonchev–Trinajstić information content (AvgIpc) is 2.65. The standard InChI is InChI=1S/C22H35FN4O2/c1-22(2,3)29-21(28)27-8-6-17(7-9-27)15-25-10-12-26(13-11-25)16-18-4-5-20(24)19(23)14-18/h4-5,14,17H,6-13,15-16,24H2,1-3H3. The highest BCUT2D eigenvalue weighted by atomic mass is 19.1. The summed E-state index contributed by atoms with van der Waals surface area (Å²) in [7, 11) is 0. The van der Waals surface area contributed by atoms with Crippen LogP contribution in [0.3, 0.4) is 0 Å². The molecule has 0 saturated carbocycles. The molecule has 2 N–H and O–H groups in total. The number of likely N-dealkylation sites (tertiary alicyclic amines) is 1. The third kappa shape index (κ3) is 6.57. The Balaban J connectivity index is 1.37. The van der Waals surface area contributed by atoms with Gasteiger partial charge < -0.3 is 20.3 Å². The Morgan fingerprint density at radius 3 is 2.31 bits per heavy atom. The van der Waals surface area contributed by atoms with Crippen LogP contribution in [0.2, 0.25) is 0 Å². The number of carbonyl (C=O) groups excluding carboxylic acids is 1. The van der Waals surface area contributed by atoms with E-state index in [1.165, 1.54) is 0 Å². The van der Waals surface area contributed by atoms with Crippen molar-refractivity contribution >= 4 is 11.8 Å². The second kappa shape index (κ2) is 9.30. The maximum Gasteiger partial charge on any atom is 0.410 e. The minimum atomic E-state index is -0.439. The normalized spacial score (nSPS) is 20.1. The monoisotopic (exact) mass is 406 g/mol. The molecule has 2 heterocycles. The Morgan fingerprint density at radius 1 is 1.10 bits per heavy atom. The van der Waals surface area contributed by atoms with Gasteiger partial charge in [-0.1, -0.05) is 6.07 Å². The summed E-state index contributed by atoms with van der Waals surface area (Å²) in [5.41, 5.74) is 6.30. The summed E-state index contributed by atoms with van der Waals surface area (Å²) in [4.78, 5) is 18.9. The first-order valence-corrected chi connectivity index (χ1v) is 10.7. The smallest absolute Gasteiger partial charge is 0.410 e. The lowest BCUT2D eigenvalue weighted by Crippen LogP contribution is -2.49. The molecule has 0 spiro atoms.